The average Bonchev–Trinajstić information content (AvgIpc) is 3.44. The maximum atomic E-state index is 13.9. The molecule has 1 N–H and O–H groups in total. The van der Waals surface area contributed by atoms with E-state index in [-0.39, 0.29) is 12.2 Å². The SMILES string of the molecule is COc1cc(-c2c(C(C)(C)CC#N)n(-c3ccc(F)cc3)c3cc4cn[nH]c4cc23)cnc1P(C)(C)=O. The van der Waals surface area contributed by atoms with Crippen LogP contribution in [-0.4, -0.2) is 40.2 Å². The molecule has 0 spiro atoms. The molecule has 0 amide bonds. The number of nitriles is 1. The molecule has 37 heavy (non-hydrogen) atoms. The van der Waals surface area contributed by atoms with Crippen molar-refractivity contribution in [2.45, 2.75) is 25.7 Å². The minimum atomic E-state index is -2.69. The van der Waals surface area contributed by atoms with Crippen LogP contribution in [-0.2, 0) is 9.98 Å². The zero-order valence-corrected chi connectivity index (χ0v) is 22.2. The van der Waals surface area contributed by atoms with Gasteiger partial charge in [0.2, 0.25) is 0 Å². The highest BCUT2D eigenvalue weighted by molar-refractivity contribution is 7.70. The van der Waals surface area contributed by atoms with Crippen LogP contribution in [0.3, 0.4) is 0 Å². The van der Waals surface area contributed by atoms with E-state index in [4.69, 9.17) is 4.74 Å². The number of aromatic nitrogens is 4. The van der Waals surface area contributed by atoms with E-state index >= 15 is 0 Å². The van der Waals surface area contributed by atoms with Crippen LogP contribution in [0.25, 0.3) is 38.6 Å². The molecule has 3 heterocycles. The van der Waals surface area contributed by atoms with Crippen LogP contribution in [0, 0.1) is 17.1 Å². The van der Waals surface area contributed by atoms with Gasteiger partial charge in [0, 0.05) is 51.3 Å². The smallest absolute Gasteiger partial charge is 0.148 e. The maximum Gasteiger partial charge on any atom is 0.148 e. The molecule has 0 saturated carbocycles. The fourth-order valence-electron chi connectivity index (χ4n) is 4.93. The Morgan fingerprint density at radius 3 is 2.54 bits per heavy atom. The molecule has 0 radical (unpaired) electrons. The summed E-state index contributed by atoms with van der Waals surface area (Å²) in [6, 6.07) is 14.6. The van der Waals surface area contributed by atoms with Gasteiger partial charge in [0.05, 0.1) is 30.4 Å². The highest BCUT2D eigenvalue weighted by Gasteiger charge is 2.33. The largest absolute Gasteiger partial charge is 0.494 e. The van der Waals surface area contributed by atoms with Gasteiger partial charge in [0.15, 0.2) is 0 Å². The minimum Gasteiger partial charge on any atom is -0.494 e. The number of rotatable bonds is 6. The molecule has 7 nitrogen and oxygen atoms in total. The van der Waals surface area contributed by atoms with Crippen molar-refractivity contribution in [3.63, 3.8) is 0 Å². The molecule has 9 heteroatoms. The second-order valence-electron chi connectivity index (χ2n) is 10.2. The summed E-state index contributed by atoms with van der Waals surface area (Å²) in [5, 5.41) is 18.8. The standard InChI is InChI=1S/C28H27FN5O2P/c1-28(2,10-11-30)26-25(18-13-24(36-3)27(31-15-18)37(4,5)35)21-14-22-17(16-32-33-22)12-23(21)34(26)20-8-6-19(29)7-9-20/h6-9,12-16H,10H2,1-5H3,(H,32,33). The van der Waals surface area contributed by atoms with Crippen molar-refractivity contribution in [1.82, 2.24) is 19.7 Å². The third-order valence-corrected chi connectivity index (χ3v) is 7.98. The summed E-state index contributed by atoms with van der Waals surface area (Å²) in [7, 11) is -1.15. The molecule has 2 aromatic carbocycles. The third-order valence-electron chi connectivity index (χ3n) is 6.63. The summed E-state index contributed by atoms with van der Waals surface area (Å²) >= 11 is 0. The summed E-state index contributed by atoms with van der Waals surface area (Å²) in [6.45, 7) is 7.36. The monoisotopic (exact) mass is 515 g/mol. The number of ether oxygens (including phenoxy) is 1. The van der Waals surface area contributed by atoms with Gasteiger partial charge >= 0.3 is 0 Å². The number of aromatic amines is 1. The molecular formula is C28H27FN5O2P. The fourth-order valence-corrected chi connectivity index (χ4v) is 5.95. The van der Waals surface area contributed by atoms with Gasteiger partial charge in [-0.25, -0.2) is 9.37 Å². The fraction of sp³-hybridized carbons (Fsp3) is 0.250. The first-order chi connectivity index (χ1) is 17.5. The predicted molar refractivity (Wildman–Crippen MR) is 145 cm³/mol. The lowest BCUT2D eigenvalue weighted by Crippen LogP contribution is -2.22. The number of halogens is 1. The third kappa shape index (κ3) is 4.20. The summed E-state index contributed by atoms with van der Waals surface area (Å²) in [5.74, 6) is 0.115. The molecule has 0 saturated heterocycles. The molecule has 5 rings (SSSR count). The Kier molecular flexibility index (Phi) is 5.92. The van der Waals surface area contributed by atoms with Crippen molar-refractivity contribution in [1.29, 1.82) is 5.26 Å². The highest BCUT2D eigenvalue weighted by Crippen LogP contribution is 2.46. The first-order valence-corrected chi connectivity index (χ1v) is 14.4. The zero-order chi connectivity index (χ0) is 26.5. The van der Waals surface area contributed by atoms with Crippen LogP contribution in [0.2, 0.25) is 0 Å². The van der Waals surface area contributed by atoms with E-state index in [9.17, 15) is 14.2 Å². The van der Waals surface area contributed by atoms with Crippen LogP contribution in [0.1, 0.15) is 26.0 Å². The Balaban J connectivity index is 1.96. The molecule has 0 aliphatic rings. The van der Waals surface area contributed by atoms with E-state index in [0.717, 1.165) is 44.3 Å². The molecule has 188 valence electrons. The molecule has 0 fully saturated rings. The number of hydrogen-bond acceptors (Lipinski definition) is 5. The van der Waals surface area contributed by atoms with E-state index in [1.165, 1.54) is 19.2 Å². The van der Waals surface area contributed by atoms with Crippen molar-refractivity contribution >= 4 is 34.4 Å². The van der Waals surface area contributed by atoms with Crippen LogP contribution in [0.5, 0.6) is 5.75 Å². The van der Waals surface area contributed by atoms with Gasteiger partial charge in [-0.2, -0.15) is 10.4 Å². The van der Waals surface area contributed by atoms with E-state index < -0.39 is 12.6 Å². The van der Waals surface area contributed by atoms with Gasteiger partial charge in [-0.3, -0.25) is 5.10 Å². The molecule has 5 aromatic rings. The zero-order valence-electron chi connectivity index (χ0n) is 21.3. The van der Waals surface area contributed by atoms with Gasteiger partial charge in [-0.05, 0) is 55.8 Å². The first-order valence-electron chi connectivity index (χ1n) is 11.8. The van der Waals surface area contributed by atoms with Gasteiger partial charge in [-0.15, -0.1) is 0 Å². The Hall–Kier alpha value is -3.95. The Labute approximate surface area is 214 Å². The van der Waals surface area contributed by atoms with Crippen molar-refractivity contribution in [3.05, 3.63) is 66.4 Å². The van der Waals surface area contributed by atoms with Gasteiger partial charge in [0.1, 0.15) is 24.1 Å². The van der Waals surface area contributed by atoms with Crippen LogP contribution in [0.15, 0.2) is 54.9 Å². The first kappa shape index (κ1) is 24.7. The number of fused-ring (bicyclic) bond motifs is 2. The number of hydrogen-bond donors (Lipinski definition) is 1. The van der Waals surface area contributed by atoms with Crippen molar-refractivity contribution in [2.75, 3.05) is 20.4 Å². The van der Waals surface area contributed by atoms with E-state index in [1.54, 1.807) is 37.9 Å². The maximum absolute atomic E-state index is 13.9. The van der Waals surface area contributed by atoms with E-state index in [1.807, 2.05) is 32.0 Å². The van der Waals surface area contributed by atoms with E-state index in [0.29, 0.717) is 11.2 Å². The number of pyridine rings is 1. The number of methoxy groups -OCH3 is 1. The van der Waals surface area contributed by atoms with Crippen LogP contribution in [0.4, 0.5) is 4.39 Å². The second-order valence-corrected chi connectivity index (χ2v) is 13.3. The van der Waals surface area contributed by atoms with Gasteiger partial charge < -0.3 is 13.9 Å². The summed E-state index contributed by atoms with van der Waals surface area (Å²) in [6.07, 6.45) is 3.72. The van der Waals surface area contributed by atoms with Crippen LogP contribution < -0.4 is 10.2 Å². The van der Waals surface area contributed by atoms with Gasteiger partial charge in [-0.1, -0.05) is 13.8 Å². The molecule has 0 aliphatic heterocycles. The lowest BCUT2D eigenvalue weighted by molar-refractivity contribution is 0.416. The van der Waals surface area contributed by atoms with Crippen LogP contribution >= 0.6 is 7.14 Å². The summed E-state index contributed by atoms with van der Waals surface area (Å²) in [4.78, 5) is 4.59. The normalized spacial score (nSPS) is 12.2. The van der Waals surface area contributed by atoms with E-state index in [2.05, 4.69) is 25.8 Å². The lowest BCUT2D eigenvalue weighted by Gasteiger charge is -2.27. The Morgan fingerprint density at radius 1 is 1.16 bits per heavy atom. The number of H-pyrrole nitrogens is 1. The molecule has 0 atom stereocenters. The molecule has 0 bridgehead atoms. The lowest BCUT2D eigenvalue weighted by atomic mass is 9.82. The summed E-state index contributed by atoms with van der Waals surface area (Å²) in [5.41, 5.74) is 4.85. The molecule has 0 aliphatic carbocycles. The molecule has 0 unspecified atom stereocenters. The quantitative estimate of drug-likeness (QED) is 0.273. The highest BCUT2D eigenvalue weighted by atomic mass is 31.2. The van der Waals surface area contributed by atoms with Crippen molar-refractivity contribution < 1.29 is 13.7 Å². The Morgan fingerprint density at radius 2 is 1.89 bits per heavy atom. The van der Waals surface area contributed by atoms with Gasteiger partial charge in [0.25, 0.3) is 0 Å². The van der Waals surface area contributed by atoms with Crippen molar-refractivity contribution in [3.8, 4) is 28.6 Å². The molecule has 3 aromatic heterocycles. The van der Waals surface area contributed by atoms with Crippen molar-refractivity contribution in [2.24, 2.45) is 0 Å². The summed E-state index contributed by atoms with van der Waals surface area (Å²) < 4.78 is 34.5. The topological polar surface area (TPSA) is 96.6 Å². The molecular weight excluding hydrogens is 488 g/mol. The Bertz CT molecular complexity index is 1740. The average molecular weight is 516 g/mol. The number of nitrogens with zero attached hydrogens (tertiary/aromatic N) is 4. The predicted octanol–water partition coefficient (Wildman–Crippen LogP) is 6.16. The number of benzene rings is 2. The number of nitrogens with one attached hydrogen (secondary N) is 1. The second kappa shape index (κ2) is 8.86. The minimum absolute atomic E-state index is 0.249.